The summed E-state index contributed by atoms with van der Waals surface area (Å²) in [6.07, 6.45) is 3.82. The maximum Gasteiger partial charge on any atom is 0.321 e. The molecule has 1 aliphatic carbocycles. The van der Waals surface area contributed by atoms with Gasteiger partial charge in [0.2, 0.25) is 0 Å². The number of aliphatic hydroxyl groups excluding tert-OH is 1. The number of nitrogens with one attached hydrogen (secondary N) is 2. The normalized spacial score (nSPS) is 20.6. The lowest BCUT2D eigenvalue weighted by molar-refractivity contribution is 0.0951. The van der Waals surface area contributed by atoms with Crippen LogP contribution in [0.5, 0.6) is 0 Å². The van der Waals surface area contributed by atoms with Crippen LogP contribution < -0.4 is 10.6 Å². The molecule has 6 nitrogen and oxygen atoms in total. The number of urea groups is 1. The van der Waals surface area contributed by atoms with Crippen LogP contribution in [-0.2, 0) is 0 Å². The maximum absolute atomic E-state index is 12.4. The van der Waals surface area contributed by atoms with Crippen molar-refractivity contribution in [2.24, 2.45) is 5.92 Å². The Kier molecular flexibility index (Phi) is 5.26. The highest BCUT2D eigenvalue weighted by atomic mass is 35.5. The summed E-state index contributed by atoms with van der Waals surface area (Å²) < 4.78 is 0. The molecule has 1 unspecified atom stereocenters. The van der Waals surface area contributed by atoms with Crippen LogP contribution in [0.15, 0.2) is 18.2 Å². The molecule has 1 aliphatic heterocycles. The predicted octanol–water partition coefficient (Wildman–Crippen LogP) is 2.47. The summed E-state index contributed by atoms with van der Waals surface area (Å²) in [4.78, 5) is 26.3. The van der Waals surface area contributed by atoms with Gasteiger partial charge in [0, 0.05) is 31.4 Å². The Morgan fingerprint density at radius 2 is 2.08 bits per heavy atom. The Bertz CT molecular complexity index is 634. The van der Waals surface area contributed by atoms with Crippen LogP contribution in [0.3, 0.4) is 0 Å². The van der Waals surface area contributed by atoms with Crippen molar-refractivity contribution in [1.82, 2.24) is 10.2 Å². The average molecular weight is 352 g/mol. The van der Waals surface area contributed by atoms with E-state index in [4.69, 9.17) is 11.6 Å². The average Bonchev–Trinajstić information content (AvgIpc) is 3.40. The van der Waals surface area contributed by atoms with Crippen molar-refractivity contribution < 1.29 is 14.7 Å². The van der Waals surface area contributed by atoms with Gasteiger partial charge in [-0.2, -0.15) is 0 Å². The zero-order valence-corrected chi connectivity index (χ0v) is 14.2. The number of hydrogen-bond donors (Lipinski definition) is 3. The van der Waals surface area contributed by atoms with Gasteiger partial charge in [0.25, 0.3) is 5.91 Å². The van der Waals surface area contributed by atoms with Gasteiger partial charge in [-0.25, -0.2) is 4.79 Å². The van der Waals surface area contributed by atoms with E-state index < -0.39 is 0 Å². The number of benzene rings is 1. The Balaban J connectivity index is 1.65. The first kappa shape index (κ1) is 17.0. The molecule has 1 atom stereocenters. The summed E-state index contributed by atoms with van der Waals surface area (Å²) in [5.74, 6) is -0.0773. The fourth-order valence-corrected chi connectivity index (χ4v) is 3.07. The van der Waals surface area contributed by atoms with Gasteiger partial charge in [-0.05, 0) is 49.8 Å². The van der Waals surface area contributed by atoms with Gasteiger partial charge < -0.3 is 20.6 Å². The molecule has 0 radical (unpaired) electrons. The summed E-state index contributed by atoms with van der Waals surface area (Å²) >= 11 is 6.11. The number of likely N-dealkylation sites (tertiary alicyclic amines) is 1. The number of rotatable bonds is 4. The Labute approximate surface area is 146 Å². The van der Waals surface area contributed by atoms with Crippen molar-refractivity contribution in [1.29, 1.82) is 0 Å². The summed E-state index contributed by atoms with van der Waals surface area (Å²) in [7, 11) is 0. The second kappa shape index (κ2) is 7.40. The van der Waals surface area contributed by atoms with Crippen LogP contribution >= 0.6 is 11.6 Å². The number of nitrogens with zero attached hydrogens (tertiary/aromatic N) is 1. The first-order chi connectivity index (χ1) is 11.6. The van der Waals surface area contributed by atoms with E-state index in [9.17, 15) is 14.7 Å². The largest absolute Gasteiger partial charge is 0.396 e. The molecule has 1 saturated heterocycles. The molecule has 0 spiro atoms. The van der Waals surface area contributed by atoms with Crippen LogP contribution in [-0.4, -0.2) is 47.7 Å². The lowest BCUT2D eigenvalue weighted by Gasteiger charge is -2.31. The number of anilines is 1. The van der Waals surface area contributed by atoms with Crippen molar-refractivity contribution in [3.05, 3.63) is 28.8 Å². The minimum Gasteiger partial charge on any atom is -0.396 e. The van der Waals surface area contributed by atoms with Crippen LogP contribution in [0.4, 0.5) is 10.5 Å². The van der Waals surface area contributed by atoms with E-state index in [0.29, 0.717) is 29.4 Å². The molecule has 2 fully saturated rings. The number of piperidine rings is 1. The van der Waals surface area contributed by atoms with Gasteiger partial charge >= 0.3 is 6.03 Å². The molecule has 1 aromatic carbocycles. The minimum absolute atomic E-state index is 0.0935. The zero-order chi connectivity index (χ0) is 17.1. The van der Waals surface area contributed by atoms with Gasteiger partial charge in [-0.1, -0.05) is 11.6 Å². The van der Waals surface area contributed by atoms with Crippen molar-refractivity contribution in [3.63, 3.8) is 0 Å². The minimum atomic E-state index is -0.218. The third kappa shape index (κ3) is 4.19. The molecule has 0 bridgehead atoms. The molecule has 130 valence electrons. The van der Waals surface area contributed by atoms with Gasteiger partial charge in [-0.3, -0.25) is 4.79 Å². The van der Waals surface area contributed by atoms with Crippen molar-refractivity contribution in [2.75, 3.05) is 25.0 Å². The number of carbonyl (C=O) groups excluding carboxylic acids is 2. The van der Waals surface area contributed by atoms with Gasteiger partial charge in [0.1, 0.15) is 0 Å². The van der Waals surface area contributed by atoms with E-state index in [2.05, 4.69) is 10.6 Å². The molecule has 0 aromatic heterocycles. The number of amides is 3. The van der Waals surface area contributed by atoms with E-state index in [0.717, 1.165) is 25.7 Å². The second-order valence-electron chi connectivity index (χ2n) is 6.51. The molecule has 1 heterocycles. The fourth-order valence-electron chi connectivity index (χ4n) is 2.87. The van der Waals surface area contributed by atoms with E-state index in [1.807, 2.05) is 0 Å². The monoisotopic (exact) mass is 351 g/mol. The second-order valence-corrected chi connectivity index (χ2v) is 6.92. The van der Waals surface area contributed by atoms with Crippen molar-refractivity contribution in [3.8, 4) is 0 Å². The van der Waals surface area contributed by atoms with Gasteiger partial charge in [0.15, 0.2) is 0 Å². The van der Waals surface area contributed by atoms with Crippen LogP contribution in [0, 0.1) is 5.92 Å². The first-order valence-electron chi connectivity index (χ1n) is 8.34. The van der Waals surface area contributed by atoms with Crippen LogP contribution in [0.25, 0.3) is 0 Å². The molecular formula is C17H22ClN3O3. The number of hydrogen-bond acceptors (Lipinski definition) is 3. The first-order valence-corrected chi connectivity index (χ1v) is 8.72. The SMILES string of the molecule is O=C(NC1CC1)c1cc(NC(=O)N2CCCC(CO)C2)ccc1Cl. The number of halogens is 1. The molecular weight excluding hydrogens is 330 g/mol. The van der Waals surface area contributed by atoms with Gasteiger partial charge in [0.05, 0.1) is 10.6 Å². The highest BCUT2D eigenvalue weighted by molar-refractivity contribution is 6.34. The van der Waals surface area contributed by atoms with E-state index in [1.54, 1.807) is 23.1 Å². The third-order valence-corrected chi connectivity index (χ3v) is 4.77. The van der Waals surface area contributed by atoms with E-state index in [-0.39, 0.29) is 30.5 Å². The lowest BCUT2D eigenvalue weighted by atomic mass is 9.99. The van der Waals surface area contributed by atoms with Crippen molar-refractivity contribution in [2.45, 2.75) is 31.7 Å². The predicted molar refractivity (Wildman–Crippen MR) is 92.3 cm³/mol. The number of aliphatic hydroxyl groups is 1. The van der Waals surface area contributed by atoms with E-state index >= 15 is 0 Å². The lowest BCUT2D eigenvalue weighted by Crippen LogP contribution is -2.43. The number of carbonyl (C=O) groups is 2. The summed E-state index contributed by atoms with van der Waals surface area (Å²) in [6.45, 7) is 1.31. The standard InChI is InChI=1S/C17H22ClN3O3/c18-15-6-5-13(8-14(15)16(23)19-12-3-4-12)20-17(24)21-7-1-2-11(9-21)10-22/h5-6,8,11-12,22H,1-4,7,9-10H2,(H,19,23)(H,20,24). The maximum atomic E-state index is 12.4. The fraction of sp³-hybridized carbons (Fsp3) is 0.529. The zero-order valence-electron chi connectivity index (χ0n) is 13.4. The Morgan fingerprint density at radius 1 is 1.29 bits per heavy atom. The van der Waals surface area contributed by atoms with Crippen LogP contribution in [0.1, 0.15) is 36.0 Å². The molecule has 3 amide bonds. The highest BCUT2D eigenvalue weighted by Crippen LogP contribution is 2.24. The summed E-state index contributed by atoms with van der Waals surface area (Å²) in [5.41, 5.74) is 0.907. The van der Waals surface area contributed by atoms with Crippen molar-refractivity contribution >= 4 is 29.2 Å². The smallest absolute Gasteiger partial charge is 0.321 e. The third-order valence-electron chi connectivity index (χ3n) is 4.44. The molecule has 7 heteroatoms. The van der Waals surface area contributed by atoms with E-state index in [1.165, 1.54) is 0 Å². The Hall–Kier alpha value is -1.79. The highest BCUT2D eigenvalue weighted by Gasteiger charge is 2.26. The molecule has 1 aromatic rings. The molecule has 2 aliphatic rings. The molecule has 24 heavy (non-hydrogen) atoms. The Morgan fingerprint density at radius 3 is 2.79 bits per heavy atom. The van der Waals surface area contributed by atoms with Crippen LogP contribution in [0.2, 0.25) is 5.02 Å². The molecule has 1 saturated carbocycles. The van der Waals surface area contributed by atoms with Gasteiger partial charge in [-0.15, -0.1) is 0 Å². The molecule has 3 rings (SSSR count). The topological polar surface area (TPSA) is 81.7 Å². The summed E-state index contributed by atoms with van der Waals surface area (Å²) in [5, 5.41) is 15.3. The molecule has 3 N–H and O–H groups in total. The summed E-state index contributed by atoms with van der Waals surface area (Å²) in [6, 6.07) is 4.93. The quantitative estimate of drug-likeness (QED) is 0.779.